The first kappa shape index (κ1) is 15.0. The fourth-order valence-electron chi connectivity index (χ4n) is 2.26. The van der Waals surface area contributed by atoms with Crippen molar-refractivity contribution in [1.82, 2.24) is 5.43 Å². The van der Waals surface area contributed by atoms with Gasteiger partial charge in [0.05, 0.1) is 6.21 Å². The van der Waals surface area contributed by atoms with E-state index in [-0.39, 0.29) is 5.75 Å². The molecule has 5 heteroatoms. The first-order chi connectivity index (χ1) is 11.2. The number of thiocarbonyl (C=S) groups is 1. The number of rotatable bonds is 3. The molecule has 0 saturated heterocycles. The van der Waals surface area contributed by atoms with E-state index in [1.807, 2.05) is 60.7 Å². The summed E-state index contributed by atoms with van der Waals surface area (Å²) in [4.78, 5) is 0. The first-order valence-corrected chi connectivity index (χ1v) is 7.51. The lowest BCUT2D eigenvalue weighted by atomic mass is 10.0. The Labute approximate surface area is 139 Å². The van der Waals surface area contributed by atoms with Gasteiger partial charge in [-0.15, -0.1) is 0 Å². The second-order valence-corrected chi connectivity index (χ2v) is 5.32. The Morgan fingerprint density at radius 1 is 0.957 bits per heavy atom. The van der Waals surface area contributed by atoms with E-state index in [0.29, 0.717) is 10.7 Å². The molecule has 0 aromatic heterocycles. The van der Waals surface area contributed by atoms with Crippen molar-refractivity contribution in [3.05, 3.63) is 72.3 Å². The number of hydrogen-bond donors (Lipinski definition) is 3. The summed E-state index contributed by atoms with van der Waals surface area (Å²) >= 11 is 5.18. The van der Waals surface area contributed by atoms with Gasteiger partial charge in [-0.1, -0.05) is 48.5 Å². The highest BCUT2D eigenvalue weighted by atomic mass is 32.1. The Hall–Kier alpha value is -2.92. The molecule has 0 unspecified atom stereocenters. The van der Waals surface area contributed by atoms with E-state index in [9.17, 15) is 5.11 Å². The molecular weight excluding hydrogens is 306 g/mol. The molecule has 0 spiro atoms. The molecule has 114 valence electrons. The van der Waals surface area contributed by atoms with Crippen LogP contribution in [0.25, 0.3) is 10.8 Å². The van der Waals surface area contributed by atoms with Gasteiger partial charge in [0.25, 0.3) is 0 Å². The summed E-state index contributed by atoms with van der Waals surface area (Å²) in [7, 11) is 0. The van der Waals surface area contributed by atoms with Gasteiger partial charge in [-0.25, -0.2) is 0 Å². The Balaban J connectivity index is 1.73. The monoisotopic (exact) mass is 321 g/mol. The molecule has 0 bridgehead atoms. The predicted molar refractivity (Wildman–Crippen MR) is 99.0 cm³/mol. The molecular formula is C18H15N3OS. The number of nitrogens with one attached hydrogen (secondary N) is 2. The van der Waals surface area contributed by atoms with E-state index >= 15 is 0 Å². The fraction of sp³-hybridized carbons (Fsp3) is 0. The summed E-state index contributed by atoms with van der Waals surface area (Å²) in [5.41, 5.74) is 4.28. The molecule has 23 heavy (non-hydrogen) atoms. The van der Waals surface area contributed by atoms with E-state index in [1.165, 1.54) is 0 Å². The minimum atomic E-state index is 0.177. The van der Waals surface area contributed by atoms with Crippen LogP contribution in [0.4, 0.5) is 5.69 Å². The molecule has 4 nitrogen and oxygen atoms in total. The van der Waals surface area contributed by atoms with Crippen molar-refractivity contribution in [3.8, 4) is 5.75 Å². The van der Waals surface area contributed by atoms with E-state index in [1.54, 1.807) is 12.3 Å². The standard InChI is InChI=1S/C18H15N3OS/c22-17-11-10-13-6-4-5-9-15(13)16(17)12-19-21-18(23)20-14-7-2-1-3-8-14/h1-12,22H,(H2,20,21,23)/b19-12+. The van der Waals surface area contributed by atoms with E-state index in [2.05, 4.69) is 15.8 Å². The average Bonchev–Trinajstić information content (AvgIpc) is 2.58. The highest BCUT2D eigenvalue weighted by molar-refractivity contribution is 7.80. The summed E-state index contributed by atoms with van der Waals surface area (Å²) in [6.07, 6.45) is 1.57. The van der Waals surface area contributed by atoms with Crippen molar-refractivity contribution in [3.63, 3.8) is 0 Å². The van der Waals surface area contributed by atoms with Gasteiger partial charge in [0, 0.05) is 11.3 Å². The number of aromatic hydroxyl groups is 1. The van der Waals surface area contributed by atoms with Gasteiger partial charge >= 0.3 is 0 Å². The molecule has 3 aromatic rings. The number of hydrogen-bond acceptors (Lipinski definition) is 3. The van der Waals surface area contributed by atoms with Crippen molar-refractivity contribution in [2.75, 3.05) is 5.32 Å². The third-order valence-corrected chi connectivity index (χ3v) is 3.53. The molecule has 0 amide bonds. The number of phenolic OH excluding ortho intramolecular Hbond substituents is 1. The second-order valence-electron chi connectivity index (χ2n) is 4.91. The quantitative estimate of drug-likeness (QED) is 0.389. The number of nitrogens with zero attached hydrogens (tertiary/aromatic N) is 1. The summed E-state index contributed by atoms with van der Waals surface area (Å²) < 4.78 is 0. The van der Waals surface area contributed by atoms with Gasteiger partial charge < -0.3 is 10.4 Å². The highest BCUT2D eigenvalue weighted by Crippen LogP contribution is 2.25. The molecule has 0 aliphatic rings. The smallest absolute Gasteiger partial charge is 0.191 e. The maximum atomic E-state index is 10.0. The van der Waals surface area contributed by atoms with Crippen LogP contribution in [0.1, 0.15) is 5.56 Å². The minimum Gasteiger partial charge on any atom is -0.507 e. The maximum absolute atomic E-state index is 10.0. The molecule has 3 rings (SSSR count). The summed E-state index contributed by atoms with van der Waals surface area (Å²) in [6, 6.07) is 20.9. The largest absolute Gasteiger partial charge is 0.507 e. The van der Waals surface area contributed by atoms with E-state index in [0.717, 1.165) is 16.5 Å². The van der Waals surface area contributed by atoms with E-state index in [4.69, 9.17) is 12.2 Å². The van der Waals surface area contributed by atoms with Crippen LogP contribution in [0.5, 0.6) is 5.75 Å². The highest BCUT2D eigenvalue weighted by Gasteiger charge is 2.04. The van der Waals surface area contributed by atoms with Crippen LogP contribution in [-0.4, -0.2) is 16.4 Å². The van der Waals surface area contributed by atoms with Gasteiger partial charge in [0.1, 0.15) is 5.75 Å². The number of phenols is 1. The molecule has 0 radical (unpaired) electrons. The normalized spacial score (nSPS) is 10.8. The van der Waals surface area contributed by atoms with Gasteiger partial charge in [-0.2, -0.15) is 5.10 Å². The minimum absolute atomic E-state index is 0.177. The van der Waals surface area contributed by atoms with Gasteiger partial charge in [0.2, 0.25) is 0 Å². The Bertz CT molecular complexity index is 863. The summed E-state index contributed by atoms with van der Waals surface area (Å²) in [5, 5.41) is 19.5. The van der Waals surface area contributed by atoms with Crippen molar-refractivity contribution >= 4 is 40.0 Å². The molecule has 3 N–H and O–H groups in total. The third-order valence-electron chi connectivity index (χ3n) is 3.34. The van der Waals surface area contributed by atoms with Gasteiger partial charge in [-0.3, -0.25) is 5.43 Å². The zero-order valence-electron chi connectivity index (χ0n) is 12.2. The van der Waals surface area contributed by atoms with E-state index < -0.39 is 0 Å². The second kappa shape index (κ2) is 6.89. The Morgan fingerprint density at radius 2 is 1.70 bits per heavy atom. The van der Waals surface area contributed by atoms with Crippen molar-refractivity contribution < 1.29 is 5.11 Å². The zero-order valence-corrected chi connectivity index (χ0v) is 13.0. The molecule has 0 atom stereocenters. The van der Waals surface area contributed by atoms with Crippen molar-refractivity contribution in [2.45, 2.75) is 0 Å². The Kier molecular flexibility index (Phi) is 4.49. The number of para-hydroxylation sites is 1. The van der Waals surface area contributed by atoms with Crippen molar-refractivity contribution in [2.24, 2.45) is 5.10 Å². The molecule has 0 aliphatic heterocycles. The molecule has 0 aliphatic carbocycles. The number of benzene rings is 3. The molecule has 0 fully saturated rings. The molecule has 0 heterocycles. The number of fused-ring (bicyclic) bond motifs is 1. The van der Waals surface area contributed by atoms with Crippen LogP contribution in [0.3, 0.4) is 0 Å². The van der Waals surface area contributed by atoms with Crippen molar-refractivity contribution in [1.29, 1.82) is 0 Å². The first-order valence-electron chi connectivity index (χ1n) is 7.10. The lowest BCUT2D eigenvalue weighted by molar-refractivity contribution is 0.475. The lowest BCUT2D eigenvalue weighted by Crippen LogP contribution is -2.23. The third kappa shape index (κ3) is 3.64. The maximum Gasteiger partial charge on any atom is 0.191 e. The number of hydrazone groups is 1. The lowest BCUT2D eigenvalue weighted by Gasteiger charge is -2.07. The van der Waals surface area contributed by atoms with Gasteiger partial charge in [-0.05, 0) is 41.2 Å². The summed E-state index contributed by atoms with van der Waals surface area (Å²) in [5.74, 6) is 0.177. The molecule has 3 aromatic carbocycles. The van der Waals surface area contributed by atoms with Crippen LogP contribution >= 0.6 is 12.2 Å². The van der Waals surface area contributed by atoms with Crippen LogP contribution in [-0.2, 0) is 0 Å². The topological polar surface area (TPSA) is 56.7 Å². The van der Waals surface area contributed by atoms with Crippen LogP contribution < -0.4 is 10.7 Å². The van der Waals surface area contributed by atoms with Gasteiger partial charge in [0.15, 0.2) is 5.11 Å². The SMILES string of the molecule is Oc1ccc2ccccc2c1/C=N/NC(=S)Nc1ccccc1. The Morgan fingerprint density at radius 3 is 2.52 bits per heavy atom. The number of anilines is 1. The molecule has 0 saturated carbocycles. The van der Waals surface area contributed by atoms with Crippen LogP contribution in [0.15, 0.2) is 71.8 Å². The zero-order chi connectivity index (χ0) is 16.1. The summed E-state index contributed by atoms with van der Waals surface area (Å²) in [6.45, 7) is 0. The van der Waals surface area contributed by atoms with Crippen LogP contribution in [0, 0.1) is 0 Å². The fourth-order valence-corrected chi connectivity index (χ4v) is 2.43. The van der Waals surface area contributed by atoms with Crippen LogP contribution in [0.2, 0.25) is 0 Å². The average molecular weight is 321 g/mol. The predicted octanol–water partition coefficient (Wildman–Crippen LogP) is 3.87.